The summed E-state index contributed by atoms with van der Waals surface area (Å²) in [6.45, 7) is 6.81. The Morgan fingerprint density at radius 2 is 2.18 bits per heavy atom. The molecule has 0 aliphatic carbocycles. The Morgan fingerprint density at radius 1 is 1.35 bits per heavy atom. The van der Waals surface area contributed by atoms with Gasteiger partial charge >= 0.3 is 0 Å². The molecular weight excluding hydrogens is 254 g/mol. The number of anilines is 1. The van der Waals surface area contributed by atoms with Crippen molar-refractivity contribution in [2.24, 2.45) is 0 Å². The van der Waals surface area contributed by atoms with Gasteiger partial charge in [0.1, 0.15) is 22.2 Å². The minimum Gasteiger partial charge on any atom is -0.370 e. The van der Waals surface area contributed by atoms with E-state index in [0.717, 1.165) is 33.1 Å². The summed E-state index contributed by atoms with van der Waals surface area (Å²) in [5, 5.41) is 12.0. The second-order valence-corrected chi connectivity index (χ2v) is 5.46. The quantitative estimate of drug-likeness (QED) is 0.859. The van der Waals surface area contributed by atoms with Gasteiger partial charge in [0, 0.05) is 12.1 Å². The van der Waals surface area contributed by atoms with Gasteiger partial charge in [-0.1, -0.05) is 11.3 Å². The highest BCUT2D eigenvalue weighted by atomic mass is 32.2. The van der Waals surface area contributed by atoms with Crippen molar-refractivity contribution in [1.29, 1.82) is 0 Å². The van der Waals surface area contributed by atoms with Gasteiger partial charge in [-0.2, -0.15) is 0 Å². The molecule has 0 saturated carbocycles. The van der Waals surface area contributed by atoms with Crippen LogP contribution in [0.2, 0.25) is 0 Å². The predicted molar refractivity (Wildman–Crippen MR) is 69.7 cm³/mol. The van der Waals surface area contributed by atoms with Crippen molar-refractivity contribution in [2.75, 3.05) is 11.9 Å². The normalized spacial score (nSPS) is 10.5. The first-order valence-electron chi connectivity index (χ1n) is 5.23. The van der Waals surface area contributed by atoms with E-state index in [1.165, 1.54) is 23.1 Å². The third-order valence-corrected chi connectivity index (χ3v) is 3.95. The van der Waals surface area contributed by atoms with E-state index in [2.05, 4.69) is 32.4 Å². The Labute approximate surface area is 108 Å². The lowest BCUT2D eigenvalue weighted by atomic mass is 10.3. The highest BCUT2D eigenvalue weighted by Gasteiger charge is 2.11. The molecule has 0 unspecified atom stereocenters. The molecule has 5 nitrogen and oxygen atoms in total. The van der Waals surface area contributed by atoms with Crippen molar-refractivity contribution in [1.82, 2.24) is 20.2 Å². The summed E-state index contributed by atoms with van der Waals surface area (Å²) < 4.78 is 0.897. The highest BCUT2D eigenvalue weighted by molar-refractivity contribution is 8.01. The van der Waals surface area contributed by atoms with E-state index in [4.69, 9.17) is 0 Å². The molecule has 2 rings (SSSR count). The zero-order chi connectivity index (χ0) is 12.3. The Hall–Kier alpha value is -1.21. The van der Waals surface area contributed by atoms with Crippen LogP contribution in [0.5, 0.6) is 0 Å². The highest BCUT2D eigenvalue weighted by Crippen LogP contribution is 2.31. The molecule has 0 atom stereocenters. The molecule has 2 heterocycles. The SMILES string of the molecule is CCNc1nc(C)nc(Sc2nncs2)c1C. The van der Waals surface area contributed by atoms with Crippen LogP contribution in [0, 0.1) is 13.8 Å². The molecule has 0 aliphatic rings. The monoisotopic (exact) mass is 267 g/mol. The number of hydrogen-bond acceptors (Lipinski definition) is 7. The molecule has 0 amide bonds. The van der Waals surface area contributed by atoms with Gasteiger partial charge in [-0.15, -0.1) is 10.2 Å². The molecule has 0 bridgehead atoms. The van der Waals surface area contributed by atoms with E-state index < -0.39 is 0 Å². The van der Waals surface area contributed by atoms with Gasteiger partial charge in [-0.3, -0.25) is 0 Å². The molecule has 0 radical (unpaired) electrons. The van der Waals surface area contributed by atoms with Gasteiger partial charge in [0.05, 0.1) is 0 Å². The minimum absolute atomic E-state index is 0.763. The molecule has 0 spiro atoms. The van der Waals surface area contributed by atoms with Crippen molar-refractivity contribution >= 4 is 28.9 Å². The molecule has 17 heavy (non-hydrogen) atoms. The molecule has 1 N–H and O–H groups in total. The van der Waals surface area contributed by atoms with E-state index >= 15 is 0 Å². The van der Waals surface area contributed by atoms with Crippen LogP contribution in [0.3, 0.4) is 0 Å². The molecule has 0 fully saturated rings. The lowest BCUT2D eigenvalue weighted by Crippen LogP contribution is -2.05. The summed E-state index contributed by atoms with van der Waals surface area (Å²) >= 11 is 3.04. The Balaban J connectivity index is 2.32. The fourth-order valence-corrected chi connectivity index (χ4v) is 2.85. The van der Waals surface area contributed by atoms with Crippen molar-refractivity contribution in [3.05, 3.63) is 16.9 Å². The summed E-state index contributed by atoms with van der Waals surface area (Å²) in [5.41, 5.74) is 2.77. The average molecular weight is 267 g/mol. The van der Waals surface area contributed by atoms with Crippen LogP contribution in [0.1, 0.15) is 18.3 Å². The summed E-state index contributed by atoms with van der Waals surface area (Å²) in [7, 11) is 0. The second kappa shape index (κ2) is 5.42. The predicted octanol–water partition coefficient (Wildman–Crippen LogP) is 2.53. The van der Waals surface area contributed by atoms with Crippen LogP contribution < -0.4 is 5.32 Å². The first-order chi connectivity index (χ1) is 8.20. The number of nitrogens with one attached hydrogen (secondary N) is 1. The standard InChI is InChI=1S/C10H13N5S2/c1-4-11-8-6(2)9(14-7(3)13-8)17-10-15-12-5-16-10/h5H,4H2,1-3H3,(H,11,13,14). The maximum atomic E-state index is 4.44. The zero-order valence-electron chi connectivity index (χ0n) is 9.89. The Morgan fingerprint density at radius 3 is 2.82 bits per heavy atom. The number of hydrogen-bond donors (Lipinski definition) is 1. The molecule has 0 saturated heterocycles. The molecule has 2 aromatic heterocycles. The molecule has 0 aromatic carbocycles. The second-order valence-electron chi connectivity index (χ2n) is 3.39. The topological polar surface area (TPSA) is 63.6 Å². The van der Waals surface area contributed by atoms with Gasteiger partial charge in [0.2, 0.25) is 0 Å². The van der Waals surface area contributed by atoms with Crippen LogP contribution >= 0.6 is 23.1 Å². The first kappa shape index (κ1) is 12.3. The van der Waals surface area contributed by atoms with Crippen LogP contribution in [0.15, 0.2) is 14.9 Å². The summed E-state index contributed by atoms with van der Waals surface area (Å²) in [6.07, 6.45) is 0. The van der Waals surface area contributed by atoms with E-state index in [9.17, 15) is 0 Å². The number of nitrogens with zero attached hydrogens (tertiary/aromatic N) is 4. The fraction of sp³-hybridized carbons (Fsp3) is 0.400. The van der Waals surface area contributed by atoms with Gasteiger partial charge in [-0.25, -0.2) is 9.97 Å². The third-order valence-electron chi connectivity index (χ3n) is 2.08. The van der Waals surface area contributed by atoms with Crippen LogP contribution in [-0.4, -0.2) is 26.7 Å². The van der Waals surface area contributed by atoms with Gasteiger partial charge < -0.3 is 5.32 Å². The number of rotatable bonds is 4. The maximum absolute atomic E-state index is 4.44. The molecule has 7 heteroatoms. The number of aromatic nitrogens is 4. The first-order valence-corrected chi connectivity index (χ1v) is 6.93. The summed E-state index contributed by atoms with van der Waals surface area (Å²) in [4.78, 5) is 8.83. The lowest BCUT2D eigenvalue weighted by Gasteiger charge is -2.10. The minimum atomic E-state index is 0.763. The molecule has 2 aromatic rings. The maximum Gasteiger partial charge on any atom is 0.180 e. The lowest BCUT2D eigenvalue weighted by molar-refractivity contribution is 0.928. The summed E-state index contributed by atoms with van der Waals surface area (Å²) in [6, 6.07) is 0. The zero-order valence-corrected chi connectivity index (χ0v) is 11.5. The van der Waals surface area contributed by atoms with E-state index in [0.29, 0.717) is 0 Å². The third kappa shape index (κ3) is 2.92. The molecule has 90 valence electrons. The van der Waals surface area contributed by atoms with Gasteiger partial charge in [0.15, 0.2) is 4.34 Å². The fourth-order valence-electron chi connectivity index (χ4n) is 1.33. The van der Waals surface area contributed by atoms with Crippen LogP contribution in [0.25, 0.3) is 0 Å². The van der Waals surface area contributed by atoms with E-state index in [1.54, 1.807) is 5.51 Å². The summed E-state index contributed by atoms with van der Waals surface area (Å²) in [5.74, 6) is 1.66. The largest absolute Gasteiger partial charge is 0.370 e. The average Bonchev–Trinajstić information content (AvgIpc) is 2.78. The smallest absolute Gasteiger partial charge is 0.180 e. The Bertz CT molecular complexity index is 498. The van der Waals surface area contributed by atoms with Crippen molar-refractivity contribution < 1.29 is 0 Å². The van der Waals surface area contributed by atoms with Crippen molar-refractivity contribution in [3.63, 3.8) is 0 Å². The van der Waals surface area contributed by atoms with E-state index in [-0.39, 0.29) is 0 Å². The van der Waals surface area contributed by atoms with Crippen LogP contribution in [-0.2, 0) is 0 Å². The van der Waals surface area contributed by atoms with E-state index in [1.807, 2.05) is 13.8 Å². The van der Waals surface area contributed by atoms with Crippen molar-refractivity contribution in [2.45, 2.75) is 30.1 Å². The Kier molecular flexibility index (Phi) is 3.90. The van der Waals surface area contributed by atoms with Crippen LogP contribution in [0.4, 0.5) is 5.82 Å². The van der Waals surface area contributed by atoms with Gasteiger partial charge in [-0.05, 0) is 32.5 Å². The molecular formula is C10H13N5S2. The number of aryl methyl sites for hydroxylation is 1. The van der Waals surface area contributed by atoms with Gasteiger partial charge in [0.25, 0.3) is 0 Å². The molecule has 0 aliphatic heterocycles. The van der Waals surface area contributed by atoms with Crippen molar-refractivity contribution in [3.8, 4) is 0 Å².